The highest BCUT2D eigenvalue weighted by Crippen LogP contribution is 2.32. The fourth-order valence-electron chi connectivity index (χ4n) is 5.67. The minimum atomic E-state index is -4.12. The van der Waals surface area contributed by atoms with Crippen LogP contribution in [-0.4, -0.2) is 83.4 Å². The van der Waals surface area contributed by atoms with Gasteiger partial charge in [0.15, 0.2) is 23.8 Å². The van der Waals surface area contributed by atoms with Crippen molar-refractivity contribution in [1.82, 2.24) is 14.9 Å². The second-order valence-electron chi connectivity index (χ2n) is 12.5. The van der Waals surface area contributed by atoms with E-state index in [0.717, 1.165) is 11.1 Å². The third kappa shape index (κ3) is 9.31. The predicted molar refractivity (Wildman–Crippen MR) is 189 cm³/mol. The summed E-state index contributed by atoms with van der Waals surface area (Å²) >= 11 is 0. The second kappa shape index (κ2) is 16.9. The lowest BCUT2D eigenvalue weighted by molar-refractivity contribution is -0.189. The SMILES string of the molecule is Cc1ccc(S(=O)(=O)NC(=N)NCCC[C@@](N)(OCc2ccccc2)C(=O)C2C(=O)N([C@H](C(=O)O)C(OCc3ccccc3)C(=O)O)C2=O)c(C)c1C. The van der Waals surface area contributed by atoms with E-state index in [9.17, 15) is 42.6 Å². The lowest BCUT2D eigenvalue weighted by Gasteiger charge is -2.42. The van der Waals surface area contributed by atoms with Gasteiger partial charge >= 0.3 is 11.9 Å². The first-order chi connectivity index (χ1) is 25.0. The number of β-lactam (4-membered cyclic amide) rings is 2. The summed E-state index contributed by atoms with van der Waals surface area (Å²) in [4.78, 5) is 65.1. The number of imide groups is 1. The molecule has 282 valence electrons. The number of carbonyl (C=O) groups excluding carboxylic acids is 3. The number of hydrogen-bond donors (Lipinski definition) is 6. The van der Waals surface area contributed by atoms with Gasteiger partial charge in [0.2, 0.25) is 11.7 Å². The monoisotopic (exact) mass is 751 g/mol. The van der Waals surface area contributed by atoms with E-state index < -0.39 is 69.3 Å². The van der Waals surface area contributed by atoms with E-state index in [0.29, 0.717) is 16.7 Å². The maximum absolute atomic E-state index is 13.8. The molecule has 3 atom stereocenters. The Bertz CT molecular complexity index is 1980. The highest BCUT2D eigenvalue weighted by atomic mass is 32.2. The number of nitrogens with zero attached hydrogens (tertiary/aromatic N) is 1. The van der Waals surface area contributed by atoms with Crippen LogP contribution in [-0.2, 0) is 56.7 Å². The van der Waals surface area contributed by atoms with Gasteiger partial charge in [-0.05, 0) is 67.5 Å². The number of carboxylic acids is 2. The van der Waals surface area contributed by atoms with Crippen LogP contribution in [0.5, 0.6) is 0 Å². The van der Waals surface area contributed by atoms with Crippen LogP contribution in [0, 0.1) is 32.1 Å². The fraction of sp³-hybridized carbons (Fsp3) is 0.333. The highest BCUT2D eigenvalue weighted by molar-refractivity contribution is 7.90. The van der Waals surface area contributed by atoms with Crippen LogP contribution in [0.1, 0.15) is 40.7 Å². The molecule has 0 aliphatic carbocycles. The van der Waals surface area contributed by atoms with Gasteiger partial charge in [-0.2, -0.15) is 0 Å². The highest BCUT2D eigenvalue weighted by Gasteiger charge is 2.61. The first-order valence-electron chi connectivity index (χ1n) is 16.4. The third-order valence-corrected chi connectivity index (χ3v) is 10.4. The molecular formula is C36H41N5O11S. The number of amides is 2. The van der Waals surface area contributed by atoms with Gasteiger partial charge in [0.1, 0.15) is 0 Å². The summed E-state index contributed by atoms with van der Waals surface area (Å²) in [7, 11) is -4.12. The molecule has 0 aromatic heterocycles. The Labute approximate surface area is 305 Å². The number of ketones is 1. The molecule has 0 saturated carbocycles. The number of carboxylic acid groups (broad SMARTS) is 2. The van der Waals surface area contributed by atoms with E-state index in [1.807, 2.05) is 6.92 Å². The molecule has 4 rings (SSSR count). The quantitative estimate of drug-likeness (QED) is 0.0271. The summed E-state index contributed by atoms with van der Waals surface area (Å²) in [5.41, 5.74) is 7.45. The molecule has 1 heterocycles. The smallest absolute Gasteiger partial charge is 0.335 e. The molecule has 0 spiro atoms. The van der Waals surface area contributed by atoms with E-state index in [1.54, 1.807) is 80.6 Å². The molecule has 2 amide bonds. The zero-order valence-corrected chi connectivity index (χ0v) is 30.0. The van der Waals surface area contributed by atoms with E-state index >= 15 is 0 Å². The van der Waals surface area contributed by atoms with Gasteiger partial charge in [-0.1, -0.05) is 66.7 Å². The Hall–Kier alpha value is -5.49. The lowest BCUT2D eigenvalue weighted by Crippen LogP contribution is -2.72. The second-order valence-corrected chi connectivity index (χ2v) is 14.1. The van der Waals surface area contributed by atoms with E-state index in [1.165, 1.54) is 6.07 Å². The van der Waals surface area contributed by atoms with Crippen molar-refractivity contribution in [3.8, 4) is 0 Å². The Morgan fingerprint density at radius 1 is 0.887 bits per heavy atom. The number of nitrogens with one attached hydrogen (secondary N) is 3. The van der Waals surface area contributed by atoms with Crippen molar-refractivity contribution >= 4 is 45.5 Å². The molecule has 0 radical (unpaired) electrons. The van der Waals surface area contributed by atoms with E-state index in [4.69, 9.17) is 20.6 Å². The van der Waals surface area contributed by atoms with Crippen LogP contribution in [0.2, 0.25) is 0 Å². The number of guanidine groups is 1. The zero-order chi connectivity index (χ0) is 39.1. The topological polar surface area (TPSA) is 256 Å². The summed E-state index contributed by atoms with van der Waals surface area (Å²) in [6.45, 7) is 4.61. The molecule has 1 saturated heterocycles. The van der Waals surface area contributed by atoms with Crippen LogP contribution in [0.15, 0.2) is 77.7 Å². The molecular weight excluding hydrogens is 710 g/mol. The average molecular weight is 752 g/mol. The number of likely N-dealkylation sites (tertiary alicyclic amines) is 1. The number of Topliss-reactive ketones (excluding diaryl/α,β-unsaturated/α-hetero) is 1. The number of ether oxygens (including phenoxy) is 2. The molecule has 1 fully saturated rings. The van der Waals surface area contributed by atoms with E-state index in [-0.39, 0.29) is 42.4 Å². The number of rotatable bonds is 18. The number of carbonyl (C=O) groups is 5. The number of sulfonamides is 1. The van der Waals surface area contributed by atoms with Gasteiger partial charge in [0.25, 0.3) is 21.8 Å². The van der Waals surface area contributed by atoms with Crippen LogP contribution in [0.3, 0.4) is 0 Å². The fourth-order valence-corrected chi connectivity index (χ4v) is 6.92. The molecule has 1 aliphatic rings. The molecule has 3 aromatic carbocycles. The minimum Gasteiger partial charge on any atom is -0.480 e. The first-order valence-corrected chi connectivity index (χ1v) is 17.9. The molecule has 16 nitrogen and oxygen atoms in total. The summed E-state index contributed by atoms with van der Waals surface area (Å²) < 4.78 is 39.3. The van der Waals surface area contributed by atoms with Gasteiger partial charge in [-0.15, -0.1) is 0 Å². The van der Waals surface area contributed by atoms with Crippen LogP contribution >= 0.6 is 0 Å². The summed E-state index contributed by atoms with van der Waals surface area (Å²) in [5.74, 6) is -10.1. The zero-order valence-electron chi connectivity index (χ0n) is 29.2. The molecule has 53 heavy (non-hydrogen) atoms. The number of aliphatic carboxylic acids is 2. The van der Waals surface area contributed by atoms with Crippen molar-refractivity contribution in [2.75, 3.05) is 6.54 Å². The van der Waals surface area contributed by atoms with Crippen molar-refractivity contribution in [3.63, 3.8) is 0 Å². The number of aryl methyl sites for hydroxylation is 1. The van der Waals surface area contributed by atoms with Gasteiger partial charge < -0.3 is 25.0 Å². The van der Waals surface area contributed by atoms with Gasteiger partial charge in [0.05, 0.1) is 18.1 Å². The maximum atomic E-state index is 13.8. The average Bonchev–Trinajstić information content (AvgIpc) is 3.11. The Kier molecular flexibility index (Phi) is 12.8. The molecule has 1 aliphatic heterocycles. The molecule has 3 aromatic rings. The maximum Gasteiger partial charge on any atom is 0.335 e. The number of benzene rings is 3. The number of nitrogens with two attached hydrogens (primary N) is 1. The van der Waals surface area contributed by atoms with Gasteiger partial charge in [-0.25, -0.2) is 22.7 Å². The van der Waals surface area contributed by atoms with Crippen molar-refractivity contribution in [3.05, 3.63) is 101 Å². The van der Waals surface area contributed by atoms with Crippen LogP contribution in [0.25, 0.3) is 0 Å². The van der Waals surface area contributed by atoms with Crippen molar-refractivity contribution in [1.29, 1.82) is 5.41 Å². The largest absolute Gasteiger partial charge is 0.480 e. The minimum absolute atomic E-state index is 0.000482. The predicted octanol–water partition coefficient (Wildman–Crippen LogP) is 1.74. The van der Waals surface area contributed by atoms with Crippen molar-refractivity contribution in [2.24, 2.45) is 11.7 Å². The molecule has 17 heteroatoms. The normalized spacial score (nSPS) is 15.5. The Balaban J connectivity index is 1.46. The van der Waals surface area contributed by atoms with Gasteiger partial charge in [0, 0.05) is 6.54 Å². The molecule has 1 unspecified atom stereocenters. The Morgan fingerprint density at radius 2 is 1.45 bits per heavy atom. The summed E-state index contributed by atoms with van der Waals surface area (Å²) in [6.07, 6.45) is -2.54. The lowest BCUT2D eigenvalue weighted by atomic mass is 9.83. The molecule has 0 bridgehead atoms. The first kappa shape index (κ1) is 40.3. The number of hydrogen-bond acceptors (Lipinski definition) is 11. The Morgan fingerprint density at radius 3 is 2.00 bits per heavy atom. The van der Waals surface area contributed by atoms with Crippen molar-refractivity contribution < 1.29 is 52.1 Å². The van der Waals surface area contributed by atoms with E-state index in [2.05, 4.69) is 10.0 Å². The van der Waals surface area contributed by atoms with Crippen LogP contribution in [0.4, 0.5) is 0 Å². The van der Waals surface area contributed by atoms with Gasteiger partial charge in [-0.3, -0.25) is 30.4 Å². The third-order valence-electron chi connectivity index (χ3n) is 8.88. The van der Waals surface area contributed by atoms with Crippen molar-refractivity contribution in [2.45, 2.75) is 69.6 Å². The standard InChI is InChI=1S/C36H41N5O11S/c1-21-15-16-26(23(3)22(21)2)53(49,50)40-35(37)39-18-10-17-36(38,52-20-25-13-8-5-9-14-25)30(42)27-31(43)41(32(27)44)28(33(45)46)29(34(47)48)51-19-24-11-6-4-7-12-24/h4-9,11-16,27-29H,10,17-20,38H2,1-3H3,(H,45,46)(H,47,48)(H3,37,39,40)/t28-,29?,36+/m0/s1. The van der Waals surface area contributed by atoms with Crippen LogP contribution < -0.4 is 15.8 Å². The molecule has 7 N–H and O–H groups in total. The summed E-state index contributed by atoms with van der Waals surface area (Å²) in [6, 6.07) is 17.5. The summed E-state index contributed by atoms with van der Waals surface area (Å²) in [5, 5.41) is 30.5.